The Hall–Kier alpha value is -2.13. The summed E-state index contributed by atoms with van der Waals surface area (Å²) in [5.41, 5.74) is 4.28. The molecule has 1 saturated heterocycles. The molecule has 2 saturated carbocycles. The zero-order chi connectivity index (χ0) is 19.8. The Morgan fingerprint density at radius 2 is 1.79 bits per heavy atom. The Balaban J connectivity index is 1.45. The van der Waals surface area contributed by atoms with Crippen molar-refractivity contribution in [1.29, 1.82) is 5.26 Å². The molecule has 0 radical (unpaired) electrons. The van der Waals surface area contributed by atoms with Crippen LogP contribution < -0.4 is 4.90 Å². The van der Waals surface area contributed by atoms with Gasteiger partial charge in [-0.2, -0.15) is 5.26 Å². The fourth-order valence-electron chi connectivity index (χ4n) is 5.25. The largest absolute Gasteiger partial charge is 0.376 e. The van der Waals surface area contributed by atoms with Crippen LogP contribution in [0.1, 0.15) is 73.2 Å². The van der Waals surface area contributed by atoms with Gasteiger partial charge in [-0.25, -0.2) is 4.98 Å². The second-order valence-electron chi connectivity index (χ2n) is 8.99. The minimum absolute atomic E-state index is 0.274. The standard InChI is InChI=1S/C23H30N4O2/c24-14-19-18-8-13-29-15-20(18)21(16-4-2-1-3-5-16)25-22(19)26-9-11-27(12-10-26)23(28)17-6-7-17/h16-17H,1-13,15H2. The Morgan fingerprint density at radius 1 is 1.03 bits per heavy atom. The molecule has 2 aliphatic heterocycles. The number of hydrogen-bond acceptors (Lipinski definition) is 5. The molecular weight excluding hydrogens is 364 g/mol. The number of nitrogens with zero attached hydrogens (tertiary/aromatic N) is 4. The van der Waals surface area contributed by atoms with Gasteiger partial charge in [-0.3, -0.25) is 4.79 Å². The van der Waals surface area contributed by atoms with Gasteiger partial charge in [-0.1, -0.05) is 19.3 Å². The molecule has 0 atom stereocenters. The van der Waals surface area contributed by atoms with Gasteiger partial charge in [-0.05, 0) is 37.7 Å². The summed E-state index contributed by atoms with van der Waals surface area (Å²) < 4.78 is 5.77. The highest BCUT2D eigenvalue weighted by Gasteiger charge is 2.36. The molecule has 1 aromatic rings. The second kappa shape index (κ2) is 7.95. The molecule has 0 bridgehead atoms. The maximum Gasteiger partial charge on any atom is 0.225 e. The first kappa shape index (κ1) is 18.9. The van der Waals surface area contributed by atoms with Crippen LogP contribution in [0.15, 0.2) is 0 Å². The van der Waals surface area contributed by atoms with Crippen molar-refractivity contribution in [3.05, 3.63) is 22.4 Å². The average molecular weight is 395 g/mol. The van der Waals surface area contributed by atoms with E-state index in [1.54, 1.807) is 0 Å². The molecular formula is C23H30N4O2. The normalized spacial score (nSPS) is 22.9. The predicted molar refractivity (Wildman–Crippen MR) is 110 cm³/mol. The number of amides is 1. The summed E-state index contributed by atoms with van der Waals surface area (Å²) in [5, 5.41) is 10.0. The van der Waals surface area contributed by atoms with E-state index >= 15 is 0 Å². The van der Waals surface area contributed by atoms with Crippen molar-refractivity contribution in [2.24, 2.45) is 5.92 Å². The minimum Gasteiger partial charge on any atom is -0.376 e. The Morgan fingerprint density at radius 3 is 2.48 bits per heavy atom. The van der Waals surface area contributed by atoms with E-state index < -0.39 is 0 Å². The number of pyridine rings is 1. The van der Waals surface area contributed by atoms with E-state index in [9.17, 15) is 10.1 Å². The molecule has 3 heterocycles. The molecule has 1 amide bonds. The summed E-state index contributed by atoms with van der Waals surface area (Å²) in [4.78, 5) is 21.8. The third-order valence-corrected chi connectivity index (χ3v) is 7.09. The van der Waals surface area contributed by atoms with Crippen LogP contribution in [0.5, 0.6) is 0 Å². The van der Waals surface area contributed by atoms with Crippen molar-refractivity contribution in [2.75, 3.05) is 37.7 Å². The van der Waals surface area contributed by atoms with Gasteiger partial charge in [0, 0.05) is 43.6 Å². The molecule has 154 valence electrons. The molecule has 0 N–H and O–H groups in total. The van der Waals surface area contributed by atoms with E-state index in [4.69, 9.17) is 9.72 Å². The monoisotopic (exact) mass is 394 g/mol. The van der Waals surface area contributed by atoms with Gasteiger partial charge in [0.05, 0.1) is 24.5 Å². The molecule has 6 heteroatoms. The van der Waals surface area contributed by atoms with E-state index in [1.165, 1.54) is 48.9 Å². The molecule has 29 heavy (non-hydrogen) atoms. The number of hydrogen-bond donors (Lipinski definition) is 0. The van der Waals surface area contributed by atoms with Gasteiger partial charge in [0.2, 0.25) is 5.91 Å². The van der Waals surface area contributed by atoms with Gasteiger partial charge in [0.25, 0.3) is 0 Å². The van der Waals surface area contributed by atoms with Crippen molar-refractivity contribution in [3.63, 3.8) is 0 Å². The van der Waals surface area contributed by atoms with Crippen LogP contribution in [0.25, 0.3) is 0 Å². The van der Waals surface area contributed by atoms with Crippen LogP contribution in [0.2, 0.25) is 0 Å². The van der Waals surface area contributed by atoms with Gasteiger partial charge in [0.1, 0.15) is 11.9 Å². The average Bonchev–Trinajstić information content (AvgIpc) is 3.64. The van der Waals surface area contributed by atoms with Crippen LogP contribution in [0.4, 0.5) is 5.82 Å². The number of piperazine rings is 1. The van der Waals surface area contributed by atoms with Crippen molar-refractivity contribution >= 4 is 11.7 Å². The lowest BCUT2D eigenvalue weighted by Gasteiger charge is -2.37. The molecule has 5 rings (SSSR count). The highest BCUT2D eigenvalue weighted by Crippen LogP contribution is 2.39. The second-order valence-corrected chi connectivity index (χ2v) is 8.99. The SMILES string of the molecule is N#Cc1c(N2CCN(C(=O)C3CC3)CC2)nc(C2CCCCC2)c2c1CCOC2. The van der Waals surface area contributed by atoms with Crippen molar-refractivity contribution in [3.8, 4) is 6.07 Å². The van der Waals surface area contributed by atoms with Gasteiger partial charge in [-0.15, -0.1) is 0 Å². The molecule has 0 spiro atoms. The van der Waals surface area contributed by atoms with Crippen LogP contribution >= 0.6 is 0 Å². The number of fused-ring (bicyclic) bond motifs is 1. The predicted octanol–water partition coefficient (Wildman–Crippen LogP) is 3.13. The highest BCUT2D eigenvalue weighted by molar-refractivity contribution is 5.81. The summed E-state index contributed by atoms with van der Waals surface area (Å²) in [6.45, 7) is 4.27. The number of carbonyl (C=O) groups excluding carboxylic acids is 1. The number of rotatable bonds is 3. The Bertz CT molecular complexity index is 828. The van der Waals surface area contributed by atoms with Gasteiger partial charge < -0.3 is 14.5 Å². The summed E-state index contributed by atoms with van der Waals surface area (Å²) in [6, 6.07) is 2.47. The lowest BCUT2D eigenvalue weighted by atomic mass is 9.82. The van der Waals surface area contributed by atoms with Crippen LogP contribution in [-0.4, -0.2) is 48.6 Å². The van der Waals surface area contributed by atoms with E-state index in [0.717, 1.165) is 56.8 Å². The summed E-state index contributed by atoms with van der Waals surface area (Å²) in [7, 11) is 0. The molecule has 2 aliphatic carbocycles. The Labute approximate surface area is 172 Å². The zero-order valence-corrected chi connectivity index (χ0v) is 17.2. The topological polar surface area (TPSA) is 69.5 Å². The third kappa shape index (κ3) is 3.61. The number of anilines is 1. The quantitative estimate of drug-likeness (QED) is 0.788. The number of carbonyl (C=O) groups is 1. The summed E-state index contributed by atoms with van der Waals surface area (Å²) in [6.07, 6.45) is 9.12. The smallest absolute Gasteiger partial charge is 0.225 e. The first-order valence-electron chi connectivity index (χ1n) is 11.3. The summed E-state index contributed by atoms with van der Waals surface area (Å²) in [5.74, 6) is 1.94. The third-order valence-electron chi connectivity index (χ3n) is 7.09. The number of ether oxygens (including phenoxy) is 1. The van der Waals surface area contributed by atoms with E-state index in [1.807, 2.05) is 4.90 Å². The van der Waals surface area contributed by atoms with E-state index in [-0.39, 0.29) is 5.92 Å². The number of aromatic nitrogens is 1. The van der Waals surface area contributed by atoms with E-state index in [0.29, 0.717) is 25.0 Å². The van der Waals surface area contributed by atoms with Crippen LogP contribution in [0, 0.1) is 17.2 Å². The van der Waals surface area contributed by atoms with Crippen LogP contribution in [0.3, 0.4) is 0 Å². The molecule has 1 aromatic heterocycles. The van der Waals surface area contributed by atoms with Gasteiger partial charge in [0.15, 0.2) is 0 Å². The molecule has 0 aromatic carbocycles. The number of nitriles is 1. The fourth-order valence-corrected chi connectivity index (χ4v) is 5.25. The zero-order valence-electron chi connectivity index (χ0n) is 17.2. The maximum absolute atomic E-state index is 12.4. The lowest BCUT2D eigenvalue weighted by Crippen LogP contribution is -2.49. The first-order valence-corrected chi connectivity index (χ1v) is 11.3. The van der Waals surface area contributed by atoms with E-state index in [2.05, 4.69) is 11.0 Å². The minimum atomic E-state index is 0.274. The molecule has 4 aliphatic rings. The highest BCUT2D eigenvalue weighted by atomic mass is 16.5. The first-order chi connectivity index (χ1) is 14.3. The lowest BCUT2D eigenvalue weighted by molar-refractivity contribution is -0.132. The Kier molecular flexibility index (Phi) is 5.17. The summed E-state index contributed by atoms with van der Waals surface area (Å²) >= 11 is 0. The van der Waals surface area contributed by atoms with Crippen molar-refractivity contribution < 1.29 is 9.53 Å². The van der Waals surface area contributed by atoms with Crippen molar-refractivity contribution in [1.82, 2.24) is 9.88 Å². The molecule has 0 unspecified atom stereocenters. The van der Waals surface area contributed by atoms with Crippen molar-refractivity contribution in [2.45, 2.75) is 63.9 Å². The van der Waals surface area contributed by atoms with Crippen LogP contribution in [-0.2, 0) is 22.6 Å². The molecule has 3 fully saturated rings. The molecule has 6 nitrogen and oxygen atoms in total. The van der Waals surface area contributed by atoms with Gasteiger partial charge >= 0.3 is 0 Å². The maximum atomic E-state index is 12.4. The fraction of sp³-hybridized carbons (Fsp3) is 0.696.